The first kappa shape index (κ1) is 36.3. The molecule has 1 fully saturated rings. The van der Waals surface area contributed by atoms with Crippen LogP contribution in [0.3, 0.4) is 0 Å². The number of aryl methyl sites for hydroxylation is 1. The Morgan fingerprint density at radius 2 is 1.74 bits per heavy atom. The fourth-order valence-corrected chi connectivity index (χ4v) is 6.25. The molecule has 1 N–H and O–H groups in total. The number of fused-ring (bicyclic) bond motifs is 1. The van der Waals surface area contributed by atoms with Gasteiger partial charge in [0.05, 0.1) is 29.2 Å². The first-order valence-corrected chi connectivity index (χ1v) is 16.4. The maximum Gasteiger partial charge on any atom is 0.416 e. The fraction of sp³-hybridized carbons (Fsp3) is 0.486. The summed E-state index contributed by atoms with van der Waals surface area (Å²) < 4.78 is 52.0. The monoisotopic (exact) mass is 698 g/mol. The Kier molecular flexibility index (Phi) is 10.3. The van der Waals surface area contributed by atoms with E-state index in [0.29, 0.717) is 79.8 Å². The van der Waals surface area contributed by atoms with Crippen molar-refractivity contribution in [2.24, 2.45) is 5.92 Å². The maximum absolute atomic E-state index is 13.6. The zero-order chi connectivity index (χ0) is 36.5. The number of carbonyl (C=O) groups excluding carboxylic acids is 2. The molecule has 268 valence electrons. The van der Waals surface area contributed by atoms with Crippen LogP contribution in [0.15, 0.2) is 36.4 Å². The number of piperidine rings is 1. The van der Waals surface area contributed by atoms with Gasteiger partial charge in [0.1, 0.15) is 23.0 Å². The van der Waals surface area contributed by atoms with Gasteiger partial charge in [-0.15, -0.1) is 0 Å². The summed E-state index contributed by atoms with van der Waals surface area (Å²) in [5, 5.41) is 15.2. The number of benzene rings is 2. The molecule has 3 heterocycles. The van der Waals surface area contributed by atoms with E-state index in [4.69, 9.17) is 9.47 Å². The number of nitro groups is 1. The largest absolute Gasteiger partial charge is 0.496 e. The SMILES string of the molecule is COc1cc2nc(C)nc(NC(C)c3cc([N+](=O)[O-])cc(C(F)(F)F)c3)c2cc1C1=CCN(C(=O)C2CCN(C(=O)OC(C)(C)C)CC2)CC1. The molecule has 2 amide bonds. The van der Waals surface area contributed by atoms with Crippen molar-refractivity contribution in [3.8, 4) is 5.75 Å². The highest BCUT2D eigenvalue weighted by Crippen LogP contribution is 2.38. The number of carbonyl (C=O) groups is 2. The van der Waals surface area contributed by atoms with Gasteiger partial charge in [0, 0.05) is 61.2 Å². The van der Waals surface area contributed by atoms with Gasteiger partial charge in [0.15, 0.2) is 0 Å². The van der Waals surface area contributed by atoms with Crippen LogP contribution < -0.4 is 10.1 Å². The second-order valence-electron chi connectivity index (χ2n) is 13.6. The highest BCUT2D eigenvalue weighted by molar-refractivity contribution is 5.94. The number of aromatic nitrogens is 2. The molecule has 15 heteroatoms. The second-order valence-corrected chi connectivity index (χ2v) is 13.6. The van der Waals surface area contributed by atoms with E-state index in [9.17, 15) is 32.9 Å². The third kappa shape index (κ3) is 8.25. The molecule has 0 bridgehead atoms. The molecule has 5 rings (SSSR count). The van der Waals surface area contributed by atoms with E-state index in [1.54, 1.807) is 31.9 Å². The van der Waals surface area contributed by atoms with Crippen molar-refractivity contribution >= 4 is 40.0 Å². The van der Waals surface area contributed by atoms with Crippen LogP contribution in [0.1, 0.15) is 75.5 Å². The maximum atomic E-state index is 13.6. The van der Waals surface area contributed by atoms with E-state index < -0.39 is 34.0 Å². The van der Waals surface area contributed by atoms with Gasteiger partial charge in [-0.05, 0) is 77.2 Å². The van der Waals surface area contributed by atoms with Crippen molar-refractivity contribution < 1.29 is 37.2 Å². The van der Waals surface area contributed by atoms with E-state index in [-0.39, 0.29) is 23.5 Å². The summed E-state index contributed by atoms with van der Waals surface area (Å²) >= 11 is 0. The molecule has 12 nitrogen and oxygen atoms in total. The lowest BCUT2D eigenvalue weighted by Crippen LogP contribution is -2.46. The Hall–Kier alpha value is -4.95. The third-order valence-corrected chi connectivity index (χ3v) is 8.82. The molecular formula is C35H41F3N6O6. The Balaban J connectivity index is 1.35. The van der Waals surface area contributed by atoms with Crippen LogP contribution in [0.4, 0.5) is 29.5 Å². The minimum Gasteiger partial charge on any atom is -0.496 e. The number of anilines is 1. The first-order chi connectivity index (χ1) is 23.4. The van der Waals surface area contributed by atoms with Crippen molar-refractivity contribution in [1.29, 1.82) is 0 Å². The van der Waals surface area contributed by atoms with Crippen LogP contribution in [-0.4, -0.2) is 75.6 Å². The number of nitro benzene ring substituents is 1. The molecule has 2 aromatic carbocycles. The molecule has 50 heavy (non-hydrogen) atoms. The molecule has 0 spiro atoms. The van der Waals surface area contributed by atoms with Crippen LogP contribution in [-0.2, 0) is 15.7 Å². The Labute approximate surface area is 287 Å². The summed E-state index contributed by atoms with van der Waals surface area (Å²) in [5.41, 5.74) is -0.0589. The number of non-ortho nitro benzene ring substituents is 1. The lowest BCUT2D eigenvalue weighted by atomic mass is 9.93. The Morgan fingerprint density at radius 3 is 2.32 bits per heavy atom. The molecule has 0 aliphatic carbocycles. The van der Waals surface area contributed by atoms with Crippen LogP contribution in [0.5, 0.6) is 5.75 Å². The minimum atomic E-state index is -4.77. The normalized spacial score (nSPS) is 16.5. The standard InChI is InChI=1S/C35H41F3N6O6/c1-20(24-15-25(35(36,37)38)17-26(16-24)44(47)48)39-31-28-18-27(30(49-6)19-29(28)40-21(2)41-31)22-7-11-42(12-8-22)32(45)23-9-13-43(14-10-23)33(46)50-34(3,4)5/h7,15-20,23H,8-14H2,1-6H3,(H,39,40,41). The van der Waals surface area contributed by atoms with E-state index in [0.717, 1.165) is 23.3 Å². The van der Waals surface area contributed by atoms with Gasteiger partial charge in [-0.3, -0.25) is 14.9 Å². The lowest BCUT2D eigenvalue weighted by Gasteiger charge is -2.36. The number of methoxy groups -OCH3 is 1. The van der Waals surface area contributed by atoms with Crippen LogP contribution in [0.2, 0.25) is 0 Å². The van der Waals surface area contributed by atoms with E-state index in [2.05, 4.69) is 15.3 Å². The summed E-state index contributed by atoms with van der Waals surface area (Å²) in [6.45, 7) is 10.5. The molecular weight excluding hydrogens is 657 g/mol. The van der Waals surface area contributed by atoms with Crippen molar-refractivity contribution in [1.82, 2.24) is 19.8 Å². The number of alkyl halides is 3. The zero-order valence-corrected chi connectivity index (χ0v) is 28.9. The van der Waals surface area contributed by atoms with Crippen molar-refractivity contribution in [2.75, 3.05) is 38.6 Å². The van der Waals surface area contributed by atoms with Gasteiger partial charge in [0.25, 0.3) is 5.69 Å². The van der Waals surface area contributed by atoms with Crippen LogP contribution in [0.25, 0.3) is 16.5 Å². The van der Waals surface area contributed by atoms with Crippen molar-refractivity contribution in [2.45, 2.75) is 71.7 Å². The zero-order valence-electron chi connectivity index (χ0n) is 28.9. The van der Waals surface area contributed by atoms with Gasteiger partial charge >= 0.3 is 12.3 Å². The number of amides is 2. The minimum absolute atomic E-state index is 0.0498. The summed E-state index contributed by atoms with van der Waals surface area (Å²) in [6.07, 6.45) is -1.49. The average Bonchev–Trinajstić information content (AvgIpc) is 3.06. The third-order valence-electron chi connectivity index (χ3n) is 8.82. The summed E-state index contributed by atoms with van der Waals surface area (Å²) in [5.74, 6) is 1.17. The van der Waals surface area contributed by atoms with Gasteiger partial charge in [0.2, 0.25) is 5.91 Å². The van der Waals surface area contributed by atoms with Crippen LogP contribution in [0, 0.1) is 23.0 Å². The molecule has 2 aliphatic rings. The number of rotatable bonds is 7. The van der Waals surface area contributed by atoms with Gasteiger partial charge in [-0.2, -0.15) is 13.2 Å². The van der Waals surface area contributed by atoms with E-state index >= 15 is 0 Å². The van der Waals surface area contributed by atoms with Gasteiger partial charge < -0.3 is 24.6 Å². The molecule has 1 atom stereocenters. The Morgan fingerprint density at radius 1 is 1.04 bits per heavy atom. The predicted octanol–water partition coefficient (Wildman–Crippen LogP) is 7.31. The van der Waals surface area contributed by atoms with Crippen LogP contribution >= 0.6 is 0 Å². The second kappa shape index (κ2) is 14.1. The highest BCUT2D eigenvalue weighted by Gasteiger charge is 2.34. The summed E-state index contributed by atoms with van der Waals surface area (Å²) in [4.78, 5) is 49.0. The fourth-order valence-electron chi connectivity index (χ4n) is 6.25. The number of hydrogen-bond donors (Lipinski definition) is 1. The highest BCUT2D eigenvalue weighted by atomic mass is 19.4. The van der Waals surface area contributed by atoms with Crippen molar-refractivity contribution in [3.05, 3.63) is 69.0 Å². The number of halogens is 3. The number of likely N-dealkylation sites (tertiary alicyclic amines) is 1. The van der Waals surface area contributed by atoms with Gasteiger partial charge in [-0.25, -0.2) is 14.8 Å². The number of ether oxygens (including phenoxy) is 2. The molecule has 3 aromatic rings. The summed E-state index contributed by atoms with van der Waals surface area (Å²) in [6, 6.07) is 5.35. The topological polar surface area (TPSA) is 140 Å². The number of hydrogen-bond acceptors (Lipinski definition) is 9. The predicted molar refractivity (Wildman–Crippen MR) is 181 cm³/mol. The molecule has 2 aliphatic heterocycles. The molecule has 0 radical (unpaired) electrons. The summed E-state index contributed by atoms with van der Waals surface area (Å²) in [7, 11) is 1.54. The van der Waals surface area contributed by atoms with Crippen molar-refractivity contribution in [3.63, 3.8) is 0 Å². The molecule has 1 unspecified atom stereocenters. The first-order valence-electron chi connectivity index (χ1n) is 16.4. The molecule has 0 saturated carbocycles. The lowest BCUT2D eigenvalue weighted by molar-refractivity contribution is -0.385. The number of nitrogens with zero attached hydrogens (tertiary/aromatic N) is 5. The molecule has 1 saturated heterocycles. The van der Waals surface area contributed by atoms with E-state index in [1.165, 1.54) is 0 Å². The van der Waals surface area contributed by atoms with E-state index in [1.807, 2.05) is 37.8 Å². The molecule has 1 aromatic heterocycles. The average molecular weight is 699 g/mol. The van der Waals surface area contributed by atoms with Gasteiger partial charge in [-0.1, -0.05) is 6.08 Å². The number of nitrogens with one attached hydrogen (secondary N) is 1. The quantitative estimate of drug-likeness (QED) is 0.199. The smallest absolute Gasteiger partial charge is 0.416 e. The Bertz CT molecular complexity index is 1830.